The number of nitrogens with one attached hydrogen (secondary N) is 2. The average Bonchev–Trinajstić information content (AvgIpc) is 1.82. The fourth-order valence-corrected chi connectivity index (χ4v) is 0.593. The number of H-pyrrole nitrogens is 2. The smallest absolute Gasteiger partial charge is 0.258 e. The maximum Gasteiger partial charge on any atom is 0.344 e. The van der Waals surface area contributed by atoms with E-state index < -0.39 is 17.1 Å². The first-order valence-corrected chi connectivity index (χ1v) is 2.94. The number of aromatic amines is 2. The van der Waals surface area contributed by atoms with Gasteiger partial charge in [-0.1, -0.05) is 0 Å². The molecule has 0 spiro atoms. The third-order valence-corrected chi connectivity index (χ3v) is 1.44. The van der Waals surface area contributed by atoms with Gasteiger partial charge < -0.3 is 0 Å². The van der Waals surface area contributed by atoms with E-state index in [9.17, 15) is 14.4 Å². The minimum absolute atomic E-state index is 0. The van der Waals surface area contributed by atoms with Crippen molar-refractivity contribution < 1.29 is 0 Å². The molecule has 1 rings (SSSR count). The van der Waals surface area contributed by atoms with E-state index in [4.69, 9.17) is 0 Å². The van der Waals surface area contributed by atoms with Crippen LogP contribution in [0.15, 0.2) is 14.4 Å². The Kier molecular flexibility index (Phi) is 4.01. The summed E-state index contributed by atoms with van der Waals surface area (Å²) in [6.45, 7) is 0. The van der Waals surface area contributed by atoms with Crippen LogP contribution in [0.1, 0.15) is 0 Å². The first-order valence-electron chi connectivity index (χ1n) is 2.23. The summed E-state index contributed by atoms with van der Waals surface area (Å²) in [5.74, 6) is 0. The molecule has 0 atom stereocenters. The van der Waals surface area contributed by atoms with Gasteiger partial charge in [-0.3, -0.25) is 9.97 Å². The van der Waals surface area contributed by atoms with Crippen molar-refractivity contribution in [2.45, 2.75) is 0 Å². The van der Waals surface area contributed by atoms with Crippen molar-refractivity contribution in [2.24, 2.45) is 0 Å². The Morgan fingerprint density at radius 1 is 1.09 bits per heavy atom. The number of halogens is 1. The van der Waals surface area contributed by atoms with E-state index in [1.165, 1.54) is 0 Å². The number of aromatic nitrogens is 3. The van der Waals surface area contributed by atoms with Crippen LogP contribution in [0.4, 0.5) is 0 Å². The predicted molar refractivity (Wildman–Crippen MR) is 42.0 cm³/mol. The average molecular weight is 231 g/mol. The Morgan fingerprint density at radius 3 is 1.82 bits per heavy atom. The van der Waals surface area contributed by atoms with Gasteiger partial charge in [0.25, 0.3) is 0 Å². The zero-order valence-corrected chi connectivity index (χ0v) is 9.14. The monoisotopic (exact) mass is 230 g/mol. The van der Waals surface area contributed by atoms with E-state index >= 15 is 0 Å². The minimum atomic E-state index is -0.814. The Bertz CT molecular complexity index is 369. The molecule has 0 amide bonds. The molecule has 0 aliphatic carbocycles. The molecule has 0 fully saturated rings. The summed E-state index contributed by atoms with van der Waals surface area (Å²) in [7, 11) is 0. The topological polar surface area (TPSA) is 87.7 Å². The minimum Gasteiger partial charge on any atom is -0.258 e. The molecule has 0 aliphatic heterocycles. The molecule has 1 aromatic heterocycles. The molecule has 1 aromatic rings. The molecule has 0 aromatic carbocycles. The molecule has 55 valence electrons. The molecule has 0 aliphatic rings. The fraction of sp³-hybridized carbons (Fsp3) is 0. The third kappa shape index (κ3) is 2.44. The zero-order chi connectivity index (χ0) is 7.72. The molecular formula is C3H2BrN3NaO3. The number of hydrogen-bond donors (Lipinski definition) is 2. The third-order valence-electron chi connectivity index (χ3n) is 0.798. The summed E-state index contributed by atoms with van der Waals surface area (Å²) < 4.78 is 0.578. The molecule has 0 bridgehead atoms. The van der Waals surface area contributed by atoms with Crippen LogP contribution >= 0.6 is 16.1 Å². The molecular weight excluding hydrogens is 229 g/mol. The van der Waals surface area contributed by atoms with Gasteiger partial charge in [0.2, 0.25) is 0 Å². The van der Waals surface area contributed by atoms with E-state index in [-0.39, 0.29) is 29.6 Å². The van der Waals surface area contributed by atoms with Crippen LogP contribution in [-0.2, 0) is 0 Å². The van der Waals surface area contributed by atoms with Gasteiger partial charge in [0.1, 0.15) is 0 Å². The number of hydrogen-bond acceptors (Lipinski definition) is 3. The first kappa shape index (κ1) is 10.9. The molecule has 0 saturated heterocycles. The van der Waals surface area contributed by atoms with Crippen molar-refractivity contribution >= 4 is 45.7 Å². The van der Waals surface area contributed by atoms with Gasteiger partial charge in [-0.15, -0.1) is 0 Å². The van der Waals surface area contributed by atoms with Crippen LogP contribution in [0.25, 0.3) is 0 Å². The van der Waals surface area contributed by atoms with Crippen LogP contribution in [0.3, 0.4) is 0 Å². The van der Waals surface area contributed by atoms with Crippen LogP contribution in [-0.4, -0.2) is 43.1 Å². The van der Waals surface area contributed by atoms with Gasteiger partial charge in [-0.2, -0.15) is 3.59 Å². The molecule has 6 nitrogen and oxygen atoms in total. The summed E-state index contributed by atoms with van der Waals surface area (Å²) in [4.78, 5) is 35.0. The van der Waals surface area contributed by atoms with Crippen molar-refractivity contribution in [1.82, 2.24) is 13.6 Å². The molecule has 1 radical (unpaired) electrons. The Morgan fingerprint density at radius 2 is 1.45 bits per heavy atom. The SMILES string of the molecule is O=c1[nH]c(=O)n(Br)c(=O)[nH]1.[Na]. The maximum absolute atomic E-state index is 10.5. The van der Waals surface area contributed by atoms with E-state index in [2.05, 4.69) is 16.1 Å². The second kappa shape index (κ2) is 4.05. The van der Waals surface area contributed by atoms with Crippen molar-refractivity contribution in [3.8, 4) is 0 Å². The normalized spacial score (nSPS) is 8.82. The largest absolute Gasteiger partial charge is 0.344 e. The zero-order valence-electron chi connectivity index (χ0n) is 5.55. The second-order valence-electron chi connectivity index (χ2n) is 1.47. The quantitative estimate of drug-likeness (QED) is 0.506. The Hall–Kier alpha value is -0.110. The maximum atomic E-state index is 10.5. The van der Waals surface area contributed by atoms with Crippen LogP contribution < -0.4 is 17.1 Å². The molecule has 0 unspecified atom stereocenters. The second-order valence-corrected chi connectivity index (χ2v) is 2.18. The summed E-state index contributed by atoms with van der Waals surface area (Å²) in [5.41, 5.74) is -2.41. The molecule has 11 heavy (non-hydrogen) atoms. The van der Waals surface area contributed by atoms with Crippen molar-refractivity contribution in [1.29, 1.82) is 0 Å². The standard InChI is InChI=1S/C3H2BrN3O3.Na/c4-7-2(9)5-1(8)6-3(7)10;/h(H2,5,6,8,9,10);. The van der Waals surface area contributed by atoms with E-state index in [0.717, 1.165) is 0 Å². The molecule has 1 heterocycles. The van der Waals surface area contributed by atoms with Crippen LogP contribution in [0.5, 0.6) is 0 Å². The summed E-state index contributed by atoms with van der Waals surface area (Å²) in [6, 6.07) is 0. The summed E-state index contributed by atoms with van der Waals surface area (Å²) in [5, 5.41) is 0. The van der Waals surface area contributed by atoms with Gasteiger partial charge >= 0.3 is 17.1 Å². The first-order chi connectivity index (χ1) is 4.61. The van der Waals surface area contributed by atoms with Crippen LogP contribution in [0, 0.1) is 0 Å². The van der Waals surface area contributed by atoms with Crippen LogP contribution in [0.2, 0.25) is 0 Å². The van der Waals surface area contributed by atoms with Crippen molar-refractivity contribution in [2.75, 3.05) is 0 Å². The van der Waals surface area contributed by atoms with Crippen molar-refractivity contribution in [3.63, 3.8) is 0 Å². The summed E-state index contributed by atoms with van der Waals surface area (Å²) in [6.07, 6.45) is 0. The van der Waals surface area contributed by atoms with Gasteiger partial charge in [0.05, 0.1) is 16.1 Å². The molecule has 8 heteroatoms. The van der Waals surface area contributed by atoms with E-state index in [0.29, 0.717) is 3.59 Å². The number of nitrogens with zero attached hydrogens (tertiary/aromatic N) is 1. The Balaban J connectivity index is 0.000001000. The Labute approximate surface area is 90.3 Å². The fourth-order valence-electron chi connectivity index (χ4n) is 0.416. The number of rotatable bonds is 0. The van der Waals surface area contributed by atoms with Gasteiger partial charge in [-0.25, -0.2) is 14.4 Å². The van der Waals surface area contributed by atoms with E-state index in [1.54, 1.807) is 0 Å². The molecule has 0 saturated carbocycles. The van der Waals surface area contributed by atoms with Gasteiger partial charge in [0.15, 0.2) is 0 Å². The van der Waals surface area contributed by atoms with Gasteiger partial charge in [-0.05, 0) is 0 Å². The predicted octanol–water partition coefficient (Wildman–Crippen LogP) is -2.00. The summed E-state index contributed by atoms with van der Waals surface area (Å²) >= 11 is 2.60. The van der Waals surface area contributed by atoms with E-state index in [1.807, 2.05) is 9.97 Å². The molecule has 2 N–H and O–H groups in total. The van der Waals surface area contributed by atoms with Gasteiger partial charge in [0, 0.05) is 29.6 Å². The van der Waals surface area contributed by atoms with Crippen molar-refractivity contribution in [3.05, 3.63) is 31.5 Å².